The van der Waals surface area contributed by atoms with Crippen LogP contribution >= 0.6 is 11.6 Å². The van der Waals surface area contributed by atoms with E-state index in [-0.39, 0.29) is 5.70 Å². The van der Waals surface area contributed by atoms with Crippen molar-refractivity contribution in [2.24, 2.45) is 0 Å². The van der Waals surface area contributed by atoms with Gasteiger partial charge in [-0.25, -0.2) is 9.69 Å². The van der Waals surface area contributed by atoms with Crippen LogP contribution in [0.5, 0.6) is 11.5 Å². The number of rotatable bonds is 8. The Kier molecular flexibility index (Phi) is 7.22. The topological polar surface area (TPSA) is 67.9 Å². The maximum absolute atomic E-state index is 13.0. The third-order valence-corrected chi connectivity index (χ3v) is 5.73. The summed E-state index contributed by atoms with van der Waals surface area (Å²) >= 11 is 6.03. The van der Waals surface area contributed by atoms with Crippen LogP contribution in [0.25, 0.3) is 6.08 Å². The highest BCUT2D eigenvalue weighted by molar-refractivity contribution is 6.32. The molecule has 1 saturated heterocycles. The highest BCUT2D eigenvalue weighted by Gasteiger charge is 2.35. The van der Waals surface area contributed by atoms with Crippen LogP contribution in [0, 0.1) is 6.92 Å². The molecular formula is C28H25ClN2O4. The van der Waals surface area contributed by atoms with Gasteiger partial charge >= 0.3 is 6.03 Å². The quantitative estimate of drug-likeness (QED) is 0.238. The van der Waals surface area contributed by atoms with E-state index in [1.807, 2.05) is 37.3 Å². The van der Waals surface area contributed by atoms with Crippen LogP contribution < -0.4 is 19.7 Å². The van der Waals surface area contributed by atoms with E-state index >= 15 is 0 Å². The van der Waals surface area contributed by atoms with Crippen LogP contribution in [-0.4, -0.2) is 19.0 Å². The monoisotopic (exact) mass is 488 g/mol. The van der Waals surface area contributed by atoms with Crippen LogP contribution in [-0.2, 0) is 17.8 Å². The lowest BCUT2D eigenvalue weighted by molar-refractivity contribution is -0.113. The van der Waals surface area contributed by atoms with Crippen LogP contribution in [0.4, 0.5) is 10.5 Å². The SMILES string of the molecule is C=CCc1cc(/C=C2/NC(=O)N(c3cccc(Cl)c3)C2=O)cc(OC)c1OCc1ccc(C)cc1. The first-order chi connectivity index (χ1) is 16.9. The number of amides is 3. The van der Waals surface area contributed by atoms with Crippen molar-refractivity contribution >= 4 is 35.3 Å². The predicted molar refractivity (Wildman–Crippen MR) is 138 cm³/mol. The zero-order valence-corrected chi connectivity index (χ0v) is 20.3. The van der Waals surface area contributed by atoms with Gasteiger partial charge in [0.1, 0.15) is 12.3 Å². The fraction of sp³-hybridized carbons (Fsp3) is 0.143. The van der Waals surface area contributed by atoms with Gasteiger partial charge in [-0.3, -0.25) is 4.79 Å². The van der Waals surface area contributed by atoms with Gasteiger partial charge in [0.2, 0.25) is 0 Å². The third kappa shape index (κ3) is 5.39. The Bertz CT molecular complexity index is 1320. The summed E-state index contributed by atoms with van der Waals surface area (Å²) in [6.45, 7) is 6.26. The Morgan fingerprint density at radius 1 is 1.09 bits per heavy atom. The van der Waals surface area contributed by atoms with E-state index < -0.39 is 11.9 Å². The number of imide groups is 1. The van der Waals surface area contributed by atoms with Gasteiger partial charge in [0.05, 0.1) is 12.8 Å². The summed E-state index contributed by atoms with van der Waals surface area (Å²) < 4.78 is 11.7. The molecule has 0 unspecified atom stereocenters. The molecule has 0 radical (unpaired) electrons. The molecule has 0 saturated carbocycles. The number of benzene rings is 3. The van der Waals surface area contributed by atoms with E-state index in [0.717, 1.165) is 16.0 Å². The number of hydrogen-bond donors (Lipinski definition) is 1. The number of nitrogens with one attached hydrogen (secondary N) is 1. The molecule has 178 valence electrons. The number of ether oxygens (including phenoxy) is 2. The zero-order valence-electron chi connectivity index (χ0n) is 19.5. The maximum atomic E-state index is 13.0. The number of hydrogen-bond acceptors (Lipinski definition) is 4. The average molecular weight is 489 g/mol. The van der Waals surface area contributed by atoms with Gasteiger partial charge in [-0.05, 0) is 60.9 Å². The molecule has 3 aromatic carbocycles. The van der Waals surface area contributed by atoms with Crippen molar-refractivity contribution in [2.45, 2.75) is 20.0 Å². The molecule has 1 N–H and O–H groups in total. The van der Waals surface area contributed by atoms with Crippen molar-refractivity contribution in [2.75, 3.05) is 12.0 Å². The molecule has 0 bridgehead atoms. The molecule has 35 heavy (non-hydrogen) atoms. The fourth-order valence-corrected chi connectivity index (χ4v) is 3.97. The Labute approximate surface area is 209 Å². The van der Waals surface area contributed by atoms with Crippen LogP contribution in [0.2, 0.25) is 5.02 Å². The molecule has 1 fully saturated rings. The Balaban J connectivity index is 1.64. The molecule has 1 aliphatic rings. The van der Waals surface area contributed by atoms with E-state index in [1.54, 1.807) is 49.6 Å². The standard InChI is InChI=1S/C28H25ClN2O4/c1-4-6-21-13-20(15-25(34-3)26(21)35-17-19-11-9-18(2)10-12-19)14-24-27(32)31(28(33)30-24)23-8-5-7-22(29)16-23/h4-5,7-16H,1,6,17H2,2-3H3,(H,30,33)/b24-14+. The highest BCUT2D eigenvalue weighted by Crippen LogP contribution is 2.35. The second-order valence-corrected chi connectivity index (χ2v) is 8.52. The number of carbonyl (C=O) groups excluding carboxylic acids is 2. The third-order valence-electron chi connectivity index (χ3n) is 5.50. The summed E-state index contributed by atoms with van der Waals surface area (Å²) in [5.74, 6) is 0.658. The van der Waals surface area contributed by atoms with Gasteiger partial charge in [-0.2, -0.15) is 0 Å². The van der Waals surface area contributed by atoms with Crippen molar-refractivity contribution in [3.05, 3.63) is 106 Å². The van der Waals surface area contributed by atoms with Gasteiger partial charge in [0.25, 0.3) is 5.91 Å². The van der Waals surface area contributed by atoms with Gasteiger partial charge < -0.3 is 14.8 Å². The molecule has 3 amide bonds. The van der Waals surface area contributed by atoms with Crippen molar-refractivity contribution in [3.63, 3.8) is 0 Å². The molecule has 1 heterocycles. The van der Waals surface area contributed by atoms with Crippen molar-refractivity contribution in [1.82, 2.24) is 5.32 Å². The number of carbonyl (C=O) groups is 2. The minimum Gasteiger partial charge on any atom is -0.493 e. The smallest absolute Gasteiger partial charge is 0.333 e. The first-order valence-electron chi connectivity index (χ1n) is 11.0. The second-order valence-electron chi connectivity index (χ2n) is 8.09. The van der Waals surface area contributed by atoms with E-state index in [1.165, 1.54) is 5.56 Å². The molecule has 7 heteroatoms. The number of methoxy groups -OCH3 is 1. The lowest BCUT2D eigenvalue weighted by Gasteiger charge is -2.16. The Morgan fingerprint density at radius 2 is 1.86 bits per heavy atom. The summed E-state index contributed by atoms with van der Waals surface area (Å²) in [6, 6.07) is 17.8. The first kappa shape index (κ1) is 24.1. The largest absolute Gasteiger partial charge is 0.493 e. The molecule has 4 rings (SSSR count). The summed E-state index contributed by atoms with van der Waals surface area (Å²) in [5.41, 5.74) is 4.29. The first-order valence-corrected chi connectivity index (χ1v) is 11.4. The molecular weight excluding hydrogens is 464 g/mol. The lowest BCUT2D eigenvalue weighted by Crippen LogP contribution is -2.30. The minimum atomic E-state index is -0.542. The minimum absolute atomic E-state index is 0.148. The van der Waals surface area contributed by atoms with Crippen LogP contribution in [0.3, 0.4) is 0 Å². The van der Waals surface area contributed by atoms with E-state index in [9.17, 15) is 9.59 Å². The normalized spacial score (nSPS) is 14.3. The maximum Gasteiger partial charge on any atom is 0.333 e. The van der Waals surface area contributed by atoms with E-state index in [0.29, 0.717) is 40.8 Å². The summed E-state index contributed by atoms with van der Waals surface area (Å²) in [4.78, 5) is 26.6. The van der Waals surface area contributed by atoms with Crippen molar-refractivity contribution < 1.29 is 19.1 Å². The van der Waals surface area contributed by atoms with Gasteiger partial charge in [0.15, 0.2) is 11.5 Å². The molecule has 6 nitrogen and oxygen atoms in total. The van der Waals surface area contributed by atoms with Crippen molar-refractivity contribution in [3.8, 4) is 11.5 Å². The van der Waals surface area contributed by atoms with Gasteiger partial charge in [-0.1, -0.05) is 53.6 Å². The molecule has 3 aromatic rings. The number of anilines is 1. The average Bonchev–Trinajstić information content (AvgIpc) is 3.11. The summed E-state index contributed by atoms with van der Waals surface area (Å²) in [6.07, 6.45) is 3.92. The highest BCUT2D eigenvalue weighted by atomic mass is 35.5. The predicted octanol–water partition coefficient (Wildman–Crippen LogP) is 6.06. The lowest BCUT2D eigenvalue weighted by atomic mass is 10.0. The molecule has 0 aliphatic carbocycles. The van der Waals surface area contributed by atoms with Crippen molar-refractivity contribution in [1.29, 1.82) is 0 Å². The molecule has 0 aromatic heterocycles. The Morgan fingerprint density at radius 3 is 2.54 bits per heavy atom. The number of urea groups is 1. The van der Waals surface area contributed by atoms with Crippen LogP contribution in [0.15, 0.2) is 79.0 Å². The number of aryl methyl sites for hydroxylation is 1. The zero-order chi connectivity index (χ0) is 24.9. The van der Waals surface area contributed by atoms with E-state index in [2.05, 4.69) is 11.9 Å². The summed E-state index contributed by atoms with van der Waals surface area (Å²) in [5, 5.41) is 3.07. The molecule has 0 atom stereocenters. The molecule has 1 aliphatic heterocycles. The fourth-order valence-electron chi connectivity index (χ4n) is 3.78. The number of allylic oxidation sites excluding steroid dienone is 1. The molecule has 0 spiro atoms. The number of halogens is 1. The Hall–Kier alpha value is -4.03. The number of nitrogens with zero attached hydrogens (tertiary/aromatic N) is 1. The van der Waals surface area contributed by atoms with Gasteiger partial charge in [0, 0.05) is 10.6 Å². The van der Waals surface area contributed by atoms with Gasteiger partial charge in [-0.15, -0.1) is 6.58 Å². The summed E-state index contributed by atoms with van der Waals surface area (Å²) in [7, 11) is 1.56. The van der Waals surface area contributed by atoms with E-state index in [4.69, 9.17) is 21.1 Å². The van der Waals surface area contributed by atoms with Crippen LogP contribution in [0.1, 0.15) is 22.3 Å². The second kappa shape index (κ2) is 10.5.